The van der Waals surface area contributed by atoms with Crippen LogP contribution >= 0.6 is 24.2 Å². The highest BCUT2D eigenvalue weighted by Crippen LogP contribution is 2.12. The van der Waals surface area contributed by atoms with Crippen molar-refractivity contribution in [3.63, 3.8) is 0 Å². The van der Waals surface area contributed by atoms with Gasteiger partial charge in [0, 0.05) is 6.54 Å². The first kappa shape index (κ1) is 18.1. The molecule has 0 unspecified atom stereocenters. The van der Waals surface area contributed by atoms with Gasteiger partial charge >= 0.3 is 0 Å². The molecule has 0 heterocycles. The van der Waals surface area contributed by atoms with Gasteiger partial charge in [-0.3, -0.25) is 4.79 Å². The summed E-state index contributed by atoms with van der Waals surface area (Å²) < 4.78 is 5.12. The van der Waals surface area contributed by atoms with Crippen molar-refractivity contribution in [2.75, 3.05) is 19.1 Å². The quantitative estimate of drug-likeness (QED) is 0.806. The molecule has 0 aliphatic rings. The van der Waals surface area contributed by atoms with E-state index in [1.54, 1.807) is 18.9 Å². The van der Waals surface area contributed by atoms with E-state index in [9.17, 15) is 4.79 Å². The van der Waals surface area contributed by atoms with Crippen molar-refractivity contribution in [3.05, 3.63) is 29.8 Å². The van der Waals surface area contributed by atoms with Crippen LogP contribution in [-0.2, 0) is 11.3 Å². The largest absolute Gasteiger partial charge is 0.497 e. The van der Waals surface area contributed by atoms with Crippen molar-refractivity contribution in [1.82, 2.24) is 5.32 Å². The molecule has 0 radical (unpaired) electrons. The highest BCUT2D eigenvalue weighted by atomic mass is 35.5. The van der Waals surface area contributed by atoms with E-state index < -0.39 is 6.04 Å². The van der Waals surface area contributed by atoms with Crippen LogP contribution in [0.3, 0.4) is 0 Å². The van der Waals surface area contributed by atoms with Gasteiger partial charge in [0.2, 0.25) is 5.91 Å². The SMILES string of the molecule is COc1cccc(CNC(=O)[C@@H](N)CCSC)c1.Cl. The number of rotatable bonds is 7. The van der Waals surface area contributed by atoms with Crippen molar-refractivity contribution in [2.45, 2.75) is 19.0 Å². The number of benzene rings is 1. The minimum absolute atomic E-state index is 0. The Hall–Kier alpha value is -0.910. The van der Waals surface area contributed by atoms with Crippen molar-refractivity contribution < 1.29 is 9.53 Å². The maximum Gasteiger partial charge on any atom is 0.237 e. The molecule has 1 aromatic carbocycles. The standard InChI is InChI=1S/C13H20N2O2S.ClH/c1-17-11-5-3-4-10(8-11)9-15-13(16)12(14)6-7-18-2;/h3-5,8,12H,6-7,9,14H2,1-2H3,(H,15,16);1H/t12-;/m0./s1. The lowest BCUT2D eigenvalue weighted by molar-refractivity contribution is -0.122. The second-order valence-electron chi connectivity index (χ2n) is 3.96. The molecule has 108 valence electrons. The van der Waals surface area contributed by atoms with E-state index in [1.165, 1.54) is 0 Å². The Morgan fingerprint density at radius 1 is 1.53 bits per heavy atom. The summed E-state index contributed by atoms with van der Waals surface area (Å²) in [5.41, 5.74) is 6.77. The number of nitrogens with one attached hydrogen (secondary N) is 1. The Balaban J connectivity index is 0.00000324. The number of carbonyl (C=O) groups excluding carboxylic acids is 1. The van der Waals surface area contributed by atoms with E-state index in [2.05, 4.69) is 5.32 Å². The zero-order valence-corrected chi connectivity index (χ0v) is 12.9. The molecule has 0 fully saturated rings. The van der Waals surface area contributed by atoms with Gasteiger partial charge in [0.15, 0.2) is 0 Å². The number of hydrogen-bond acceptors (Lipinski definition) is 4. The average molecular weight is 305 g/mol. The molecule has 0 aromatic heterocycles. The van der Waals surface area contributed by atoms with E-state index in [1.807, 2.05) is 30.5 Å². The molecular formula is C13H21ClN2O2S. The molecule has 1 atom stereocenters. The van der Waals surface area contributed by atoms with Gasteiger partial charge in [0.1, 0.15) is 5.75 Å². The Morgan fingerprint density at radius 2 is 2.26 bits per heavy atom. The fourth-order valence-electron chi connectivity index (χ4n) is 1.48. The molecule has 0 bridgehead atoms. The lowest BCUT2D eigenvalue weighted by atomic mass is 10.2. The third kappa shape index (κ3) is 6.71. The van der Waals surface area contributed by atoms with Crippen LogP contribution in [0, 0.1) is 0 Å². The molecule has 0 aliphatic heterocycles. The monoisotopic (exact) mass is 304 g/mol. The number of nitrogens with two attached hydrogens (primary N) is 1. The Labute approximate surface area is 124 Å². The van der Waals surface area contributed by atoms with E-state index in [-0.39, 0.29) is 18.3 Å². The second kappa shape index (κ2) is 9.95. The molecule has 6 heteroatoms. The number of ether oxygens (including phenoxy) is 1. The van der Waals surface area contributed by atoms with Gasteiger partial charge < -0.3 is 15.8 Å². The topological polar surface area (TPSA) is 64.3 Å². The molecular weight excluding hydrogens is 284 g/mol. The van der Waals surface area contributed by atoms with Crippen LogP contribution in [0.25, 0.3) is 0 Å². The summed E-state index contributed by atoms with van der Waals surface area (Å²) in [6, 6.07) is 7.18. The van der Waals surface area contributed by atoms with Gasteiger partial charge in [-0.2, -0.15) is 11.8 Å². The molecule has 19 heavy (non-hydrogen) atoms. The average Bonchev–Trinajstić information content (AvgIpc) is 2.42. The van der Waals surface area contributed by atoms with Crippen LogP contribution in [0.5, 0.6) is 5.75 Å². The molecule has 1 amide bonds. The molecule has 1 aromatic rings. The molecule has 0 aliphatic carbocycles. The van der Waals surface area contributed by atoms with Gasteiger partial charge in [-0.25, -0.2) is 0 Å². The molecule has 0 saturated carbocycles. The van der Waals surface area contributed by atoms with E-state index in [0.717, 1.165) is 17.1 Å². The Kier molecular flexibility index (Phi) is 9.47. The van der Waals surface area contributed by atoms with Crippen LogP contribution in [0.4, 0.5) is 0 Å². The van der Waals surface area contributed by atoms with Gasteiger partial charge in [-0.1, -0.05) is 12.1 Å². The van der Waals surface area contributed by atoms with Crippen LogP contribution < -0.4 is 15.8 Å². The van der Waals surface area contributed by atoms with Gasteiger partial charge in [-0.05, 0) is 36.1 Å². The van der Waals surface area contributed by atoms with E-state index >= 15 is 0 Å². The van der Waals surface area contributed by atoms with Crippen molar-refractivity contribution in [3.8, 4) is 5.75 Å². The van der Waals surface area contributed by atoms with Gasteiger partial charge in [-0.15, -0.1) is 12.4 Å². The number of halogens is 1. The lowest BCUT2D eigenvalue weighted by Gasteiger charge is -2.12. The number of carbonyl (C=O) groups is 1. The fourth-order valence-corrected chi connectivity index (χ4v) is 1.97. The minimum Gasteiger partial charge on any atom is -0.497 e. The molecule has 1 rings (SSSR count). The van der Waals surface area contributed by atoms with Crippen molar-refractivity contribution in [1.29, 1.82) is 0 Å². The summed E-state index contributed by atoms with van der Waals surface area (Å²) in [6.07, 6.45) is 2.70. The first-order chi connectivity index (χ1) is 8.67. The summed E-state index contributed by atoms with van der Waals surface area (Å²) in [4.78, 5) is 11.7. The second-order valence-corrected chi connectivity index (χ2v) is 4.94. The summed E-state index contributed by atoms with van der Waals surface area (Å²) in [6.45, 7) is 0.475. The first-order valence-electron chi connectivity index (χ1n) is 5.82. The summed E-state index contributed by atoms with van der Waals surface area (Å²) in [5.74, 6) is 1.58. The van der Waals surface area contributed by atoms with E-state index in [0.29, 0.717) is 13.0 Å². The smallest absolute Gasteiger partial charge is 0.237 e. The predicted molar refractivity (Wildman–Crippen MR) is 83.1 cm³/mol. The normalized spacial score (nSPS) is 11.3. The number of amides is 1. The maximum absolute atomic E-state index is 11.7. The fraction of sp³-hybridized carbons (Fsp3) is 0.462. The minimum atomic E-state index is -0.428. The summed E-state index contributed by atoms with van der Waals surface area (Å²) >= 11 is 1.69. The molecule has 0 saturated heterocycles. The summed E-state index contributed by atoms with van der Waals surface area (Å²) in [5, 5.41) is 2.83. The third-order valence-corrected chi connectivity index (χ3v) is 3.21. The van der Waals surface area contributed by atoms with Gasteiger partial charge in [0.25, 0.3) is 0 Å². The highest BCUT2D eigenvalue weighted by Gasteiger charge is 2.12. The lowest BCUT2D eigenvalue weighted by Crippen LogP contribution is -2.40. The highest BCUT2D eigenvalue weighted by molar-refractivity contribution is 7.98. The van der Waals surface area contributed by atoms with Crippen molar-refractivity contribution >= 4 is 30.1 Å². The Bertz CT molecular complexity index is 391. The Morgan fingerprint density at radius 3 is 2.89 bits per heavy atom. The predicted octanol–water partition coefficient (Wildman–Crippen LogP) is 1.81. The van der Waals surface area contributed by atoms with Crippen LogP contribution in [0.2, 0.25) is 0 Å². The van der Waals surface area contributed by atoms with E-state index in [4.69, 9.17) is 10.5 Å². The third-order valence-electron chi connectivity index (χ3n) is 2.57. The number of hydrogen-bond donors (Lipinski definition) is 2. The van der Waals surface area contributed by atoms with Crippen LogP contribution in [0.15, 0.2) is 24.3 Å². The molecule has 4 nitrogen and oxygen atoms in total. The van der Waals surface area contributed by atoms with Crippen LogP contribution in [-0.4, -0.2) is 31.1 Å². The molecule has 0 spiro atoms. The summed E-state index contributed by atoms with van der Waals surface area (Å²) in [7, 11) is 1.62. The van der Waals surface area contributed by atoms with Crippen LogP contribution in [0.1, 0.15) is 12.0 Å². The first-order valence-corrected chi connectivity index (χ1v) is 7.22. The molecule has 3 N–H and O–H groups in total. The van der Waals surface area contributed by atoms with Crippen molar-refractivity contribution in [2.24, 2.45) is 5.73 Å². The zero-order valence-electron chi connectivity index (χ0n) is 11.2. The number of methoxy groups -OCH3 is 1. The number of thioether (sulfide) groups is 1. The van der Waals surface area contributed by atoms with Gasteiger partial charge in [0.05, 0.1) is 13.2 Å². The maximum atomic E-state index is 11.7. The zero-order chi connectivity index (χ0) is 13.4.